The first-order valence-electron chi connectivity index (χ1n) is 7.04. The molecule has 0 aliphatic heterocycles. The molecule has 2 atom stereocenters. The summed E-state index contributed by atoms with van der Waals surface area (Å²) >= 11 is 1.53. The second-order valence-corrected chi connectivity index (χ2v) is 6.01. The number of nitrogens with zero attached hydrogens (tertiary/aromatic N) is 1. The molecule has 2 aromatic heterocycles. The molecule has 0 aliphatic rings. The molecule has 2 heterocycles. The third kappa shape index (κ3) is 4.32. The van der Waals surface area contributed by atoms with E-state index in [1.807, 2.05) is 38.3 Å². The number of rotatable bonds is 6. The van der Waals surface area contributed by atoms with Gasteiger partial charge in [0.1, 0.15) is 22.6 Å². The fraction of sp³-hybridized carbons (Fsp3) is 0.467. The molecular formula is C15H21N3O3S. The van der Waals surface area contributed by atoms with Gasteiger partial charge in [-0.05, 0) is 32.9 Å². The van der Waals surface area contributed by atoms with E-state index in [1.54, 1.807) is 7.11 Å². The van der Waals surface area contributed by atoms with Crippen LogP contribution in [0.3, 0.4) is 0 Å². The van der Waals surface area contributed by atoms with Gasteiger partial charge in [-0.15, -0.1) is 11.3 Å². The molecule has 0 saturated carbocycles. The van der Waals surface area contributed by atoms with Crippen LogP contribution in [0.1, 0.15) is 41.2 Å². The zero-order valence-corrected chi connectivity index (χ0v) is 14.0. The molecule has 0 unspecified atom stereocenters. The van der Waals surface area contributed by atoms with Gasteiger partial charge in [-0.25, -0.2) is 9.78 Å². The lowest BCUT2D eigenvalue weighted by Crippen LogP contribution is -2.40. The van der Waals surface area contributed by atoms with Crippen LogP contribution in [-0.2, 0) is 4.74 Å². The Morgan fingerprint density at radius 1 is 1.41 bits per heavy atom. The van der Waals surface area contributed by atoms with Gasteiger partial charge in [0.2, 0.25) is 0 Å². The molecular weight excluding hydrogens is 302 g/mol. The highest BCUT2D eigenvalue weighted by Crippen LogP contribution is 2.19. The molecule has 22 heavy (non-hydrogen) atoms. The fourth-order valence-corrected chi connectivity index (χ4v) is 2.84. The van der Waals surface area contributed by atoms with E-state index in [4.69, 9.17) is 9.15 Å². The van der Waals surface area contributed by atoms with E-state index in [9.17, 15) is 4.79 Å². The molecule has 120 valence electrons. The number of thiazole rings is 1. The topological polar surface area (TPSA) is 76.4 Å². The van der Waals surface area contributed by atoms with Crippen molar-refractivity contribution in [2.45, 2.75) is 32.9 Å². The summed E-state index contributed by atoms with van der Waals surface area (Å²) in [4.78, 5) is 16.5. The molecule has 7 heteroatoms. The second-order valence-electron chi connectivity index (χ2n) is 5.12. The first kappa shape index (κ1) is 16.5. The predicted molar refractivity (Wildman–Crippen MR) is 85.0 cm³/mol. The van der Waals surface area contributed by atoms with Crippen LogP contribution in [0.15, 0.2) is 21.9 Å². The third-order valence-corrected chi connectivity index (χ3v) is 4.24. The van der Waals surface area contributed by atoms with Crippen molar-refractivity contribution in [1.82, 2.24) is 15.6 Å². The molecule has 6 nitrogen and oxygen atoms in total. The smallest absolute Gasteiger partial charge is 0.316 e. The highest BCUT2D eigenvalue weighted by molar-refractivity contribution is 7.09. The maximum atomic E-state index is 12.2. The van der Waals surface area contributed by atoms with Crippen molar-refractivity contribution in [1.29, 1.82) is 0 Å². The minimum absolute atomic E-state index is 0.153. The highest BCUT2D eigenvalue weighted by atomic mass is 32.1. The van der Waals surface area contributed by atoms with Crippen molar-refractivity contribution >= 4 is 17.4 Å². The van der Waals surface area contributed by atoms with Crippen molar-refractivity contribution in [3.8, 4) is 0 Å². The molecule has 0 saturated heterocycles. The first-order valence-corrected chi connectivity index (χ1v) is 7.92. The van der Waals surface area contributed by atoms with E-state index in [0.717, 1.165) is 16.5 Å². The van der Waals surface area contributed by atoms with Gasteiger partial charge < -0.3 is 19.8 Å². The summed E-state index contributed by atoms with van der Waals surface area (Å²) in [6.07, 6.45) is 0. The number of urea groups is 1. The number of methoxy groups -OCH3 is 1. The Labute approximate surface area is 133 Å². The van der Waals surface area contributed by atoms with Gasteiger partial charge in [0.25, 0.3) is 0 Å². The van der Waals surface area contributed by atoms with Gasteiger partial charge >= 0.3 is 6.03 Å². The average Bonchev–Trinajstić information content (AvgIpc) is 3.07. The van der Waals surface area contributed by atoms with Crippen molar-refractivity contribution in [3.63, 3.8) is 0 Å². The van der Waals surface area contributed by atoms with Gasteiger partial charge in [-0.2, -0.15) is 0 Å². The molecule has 2 N–H and O–H groups in total. The van der Waals surface area contributed by atoms with Crippen LogP contribution < -0.4 is 10.6 Å². The van der Waals surface area contributed by atoms with E-state index in [1.165, 1.54) is 11.3 Å². The van der Waals surface area contributed by atoms with E-state index >= 15 is 0 Å². The van der Waals surface area contributed by atoms with Crippen LogP contribution in [0.25, 0.3) is 0 Å². The number of aromatic nitrogens is 1. The fourth-order valence-electron chi connectivity index (χ4n) is 2.03. The van der Waals surface area contributed by atoms with E-state index in [0.29, 0.717) is 12.4 Å². The van der Waals surface area contributed by atoms with E-state index in [2.05, 4.69) is 15.6 Å². The summed E-state index contributed by atoms with van der Waals surface area (Å²) in [6, 6.07) is 2.94. The van der Waals surface area contributed by atoms with Crippen LogP contribution in [0.2, 0.25) is 0 Å². The van der Waals surface area contributed by atoms with Crippen LogP contribution in [-0.4, -0.2) is 24.7 Å². The summed E-state index contributed by atoms with van der Waals surface area (Å²) in [5, 5.41) is 8.58. The lowest BCUT2D eigenvalue weighted by molar-refractivity contribution is 0.156. The number of amides is 2. The molecule has 0 bridgehead atoms. The van der Waals surface area contributed by atoms with Gasteiger partial charge in [-0.3, -0.25) is 0 Å². The second kappa shape index (κ2) is 7.42. The Hall–Kier alpha value is -1.86. The van der Waals surface area contributed by atoms with Gasteiger partial charge in [0, 0.05) is 18.2 Å². The summed E-state index contributed by atoms with van der Waals surface area (Å²) in [7, 11) is 1.59. The standard InChI is InChI=1S/C15H21N3O3S/c1-9-8-22-14(16-9)11(3)17-15(19)18-12(7-20-4)13-6-5-10(2)21-13/h5-6,8,11-12H,7H2,1-4H3,(H2,17,18,19)/t11-,12-/m0/s1. The largest absolute Gasteiger partial charge is 0.464 e. The third-order valence-electron chi connectivity index (χ3n) is 3.10. The molecule has 0 spiro atoms. The summed E-state index contributed by atoms with van der Waals surface area (Å²) in [5.41, 5.74) is 0.956. The Morgan fingerprint density at radius 2 is 2.18 bits per heavy atom. The highest BCUT2D eigenvalue weighted by Gasteiger charge is 2.19. The van der Waals surface area contributed by atoms with Crippen LogP contribution >= 0.6 is 11.3 Å². The molecule has 0 fully saturated rings. The normalized spacial score (nSPS) is 13.6. The van der Waals surface area contributed by atoms with Gasteiger partial charge in [0.05, 0.1) is 12.6 Å². The van der Waals surface area contributed by atoms with Crippen LogP contribution in [0, 0.1) is 13.8 Å². The van der Waals surface area contributed by atoms with Crippen molar-refractivity contribution in [3.05, 3.63) is 39.7 Å². The minimum Gasteiger partial charge on any atom is -0.464 e. The number of ether oxygens (including phenoxy) is 1. The van der Waals surface area contributed by atoms with Crippen LogP contribution in [0.4, 0.5) is 4.79 Å². The lowest BCUT2D eigenvalue weighted by Gasteiger charge is -2.18. The number of carbonyl (C=O) groups is 1. The Bertz CT molecular complexity index is 623. The number of aryl methyl sites for hydroxylation is 2. The molecule has 0 aromatic carbocycles. The lowest BCUT2D eigenvalue weighted by atomic mass is 10.2. The number of carbonyl (C=O) groups excluding carboxylic acids is 1. The Kier molecular flexibility index (Phi) is 5.57. The van der Waals surface area contributed by atoms with E-state index < -0.39 is 0 Å². The van der Waals surface area contributed by atoms with Crippen molar-refractivity contribution < 1.29 is 13.9 Å². The van der Waals surface area contributed by atoms with Crippen LogP contribution in [0.5, 0.6) is 0 Å². The summed E-state index contributed by atoms with van der Waals surface area (Å²) in [5.74, 6) is 1.47. The zero-order valence-electron chi connectivity index (χ0n) is 13.2. The minimum atomic E-state index is -0.330. The SMILES string of the molecule is COC[C@H](NC(=O)N[C@@H](C)c1nc(C)cs1)c1ccc(C)o1. The number of nitrogens with one attached hydrogen (secondary N) is 2. The van der Waals surface area contributed by atoms with Gasteiger partial charge in [-0.1, -0.05) is 0 Å². The number of hydrogen-bond donors (Lipinski definition) is 2. The summed E-state index contributed by atoms with van der Waals surface area (Å²) in [6.45, 7) is 6.03. The van der Waals surface area contributed by atoms with E-state index in [-0.39, 0.29) is 18.1 Å². The average molecular weight is 323 g/mol. The van der Waals surface area contributed by atoms with Crippen molar-refractivity contribution in [2.24, 2.45) is 0 Å². The number of hydrogen-bond acceptors (Lipinski definition) is 5. The molecule has 2 rings (SSSR count). The Balaban J connectivity index is 1.96. The first-order chi connectivity index (χ1) is 10.5. The maximum absolute atomic E-state index is 12.2. The zero-order chi connectivity index (χ0) is 16.1. The molecule has 2 amide bonds. The molecule has 0 aliphatic carbocycles. The molecule has 2 aromatic rings. The maximum Gasteiger partial charge on any atom is 0.316 e. The van der Waals surface area contributed by atoms with Crippen molar-refractivity contribution in [2.75, 3.05) is 13.7 Å². The number of furan rings is 1. The quantitative estimate of drug-likeness (QED) is 0.856. The predicted octanol–water partition coefficient (Wildman–Crippen LogP) is 3.10. The monoisotopic (exact) mass is 323 g/mol. The van der Waals surface area contributed by atoms with Gasteiger partial charge in [0.15, 0.2) is 0 Å². The Morgan fingerprint density at radius 3 is 2.73 bits per heavy atom. The molecule has 0 radical (unpaired) electrons. The summed E-state index contributed by atoms with van der Waals surface area (Å²) < 4.78 is 10.7.